The molecule has 3 aromatic rings. The highest BCUT2D eigenvalue weighted by Gasteiger charge is 2.27. The molecular formula is C24H29FN4O2. The van der Waals surface area contributed by atoms with E-state index in [1.54, 1.807) is 0 Å². The number of halogens is 1. The Balaban J connectivity index is 1.71. The zero-order chi connectivity index (χ0) is 22.0. The normalized spacial score (nSPS) is 13.9. The fraction of sp³-hybridized carbons (Fsp3) is 0.375. The first-order valence-electron chi connectivity index (χ1n) is 10.8. The molecule has 1 saturated carbocycles. The highest BCUT2D eigenvalue weighted by atomic mass is 19.1. The van der Waals surface area contributed by atoms with Crippen molar-refractivity contribution in [2.75, 3.05) is 24.3 Å². The van der Waals surface area contributed by atoms with Gasteiger partial charge in [0.15, 0.2) is 0 Å². The lowest BCUT2D eigenvalue weighted by Crippen LogP contribution is -2.34. The smallest absolute Gasteiger partial charge is 0.319 e. The van der Waals surface area contributed by atoms with Crippen molar-refractivity contribution in [2.24, 2.45) is 0 Å². The van der Waals surface area contributed by atoms with E-state index in [1.165, 1.54) is 6.42 Å². The Morgan fingerprint density at radius 3 is 2.58 bits per heavy atom. The van der Waals surface area contributed by atoms with E-state index in [4.69, 9.17) is 10.5 Å². The van der Waals surface area contributed by atoms with Crippen LogP contribution in [0.1, 0.15) is 39.2 Å². The largest absolute Gasteiger partial charge is 0.491 e. The fourth-order valence-electron chi connectivity index (χ4n) is 4.02. The second-order valence-electron chi connectivity index (χ2n) is 8.26. The molecule has 2 amide bonds. The number of amides is 2. The molecule has 1 aliphatic carbocycles. The first-order valence-corrected chi connectivity index (χ1v) is 10.8. The summed E-state index contributed by atoms with van der Waals surface area (Å²) < 4.78 is 20.4. The molecule has 6 nitrogen and oxygen atoms in total. The molecule has 164 valence electrons. The van der Waals surface area contributed by atoms with E-state index in [-0.39, 0.29) is 18.7 Å². The minimum absolute atomic E-state index is 0.0385. The van der Waals surface area contributed by atoms with Crippen molar-refractivity contribution in [2.45, 2.75) is 45.2 Å². The van der Waals surface area contributed by atoms with E-state index in [2.05, 4.69) is 15.2 Å². The standard InChI is InChI=1S/C24H29FN4O2/c1-15(2)27-24(30)28-17-8-6-16(7-9-17)23-22(26)20-11-10-19(31-13-12-25)14-21(20)29(23)18-4-3-5-18/h6-11,14-15,18H,3-5,12-13,26H2,1-2H3,(H2,27,28,30). The van der Waals surface area contributed by atoms with Gasteiger partial charge in [0.25, 0.3) is 0 Å². The maximum absolute atomic E-state index is 12.5. The third kappa shape index (κ3) is 4.31. The lowest BCUT2D eigenvalue weighted by atomic mass is 9.92. The van der Waals surface area contributed by atoms with Crippen molar-refractivity contribution >= 4 is 28.3 Å². The zero-order valence-electron chi connectivity index (χ0n) is 18.0. The molecular weight excluding hydrogens is 395 g/mol. The maximum Gasteiger partial charge on any atom is 0.319 e. The summed E-state index contributed by atoms with van der Waals surface area (Å²) in [7, 11) is 0. The second-order valence-corrected chi connectivity index (χ2v) is 8.26. The summed E-state index contributed by atoms with van der Waals surface area (Å²) in [5, 5.41) is 6.62. The number of rotatable bonds is 7. The Bertz CT molecular complexity index is 1070. The van der Waals surface area contributed by atoms with Crippen molar-refractivity contribution in [1.82, 2.24) is 9.88 Å². The number of hydrogen-bond acceptors (Lipinski definition) is 3. The van der Waals surface area contributed by atoms with Crippen LogP contribution < -0.4 is 21.1 Å². The molecule has 0 radical (unpaired) electrons. The molecule has 1 heterocycles. The summed E-state index contributed by atoms with van der Waals surface area (Å²) in [6, 6.07) is 13.7. The van der Waals surface area contributed by atoms with E-state index >= 15 is 0 Å². The van der Waals surface area contributed by atoms with Crippen LogP contribution >= 0.6 is 0 Å². The molecule has 0 bridgehead atoms. The summed E-state index contributed by atoms with van der Waals surface area (Å²) in [5.74, 6) is 0.644. The van der Waals surface area contributed by atoms with Crippen LogP contribution in [0.5, 0.6) is 5.75 Å². The highest BCUT2D eigenvalue weighted by Crippen LogP contribution is 2.44. The maximum atomic E-state index is 12.5. The Kier molecular flexibility index (Phi) is 6.02. The monoisotopic (exact) mass is 424 g/mol. The Morgan fingerprint density at radius 1 is 1.23 bits per heavy atom. The van der Waals surface area contributed by atoms with Crippen LogP contribution in [0.4, 0.5) is 20.6 Å². The van der Waals surface area contributed by atoms with E-state index in [9.17, 15) is 9.18 Å². The van der Waals surface area contributed by atoms with E-state index in [1.807, 2.05) is 56.3 Å². The lowest BCUT2D eigenvalue weighted by molar-refractivity contribution is 0.250. The van der Waals surface area contributed by atoms with Gasteiger partial charge in [-0.05, 0) is 57.4 Å². The van der Waals surface area contributed by atoms with Crippen molar-refractivity contribution in [3.63, 3.8) is 0 Å². The van der Waals surface area contributed by atoms with Gasteiger partial charge in [0.2, 0.25) is 0 Å². The Morgan fingerprint density at radius 2 is 1.97 bits per heavy atom. The molecule has 1 aromatic heterocycles. The van der Waals surface area contributed by atoms with Gasteiger partial charge in [-0.15, -0.1) is 0 Å². The minimum atomic E-state index is -0.523. The molecule has 2 aromatic carbocycles. The summed E-state index contributed by atoms with van der Waals surface area (Å²) in [6.07, 6.45) is 3.39. The predicted molar refractivity (Wildman–Crippen MR) is 123 cm³/mol. The highest BCUT2D eigenvalue weighted by molar-refractivity contribution is 6.02. The average molecular weight is 425 g/mol. The second kappa shape index (κ2) is 8.88. The Labute approximate surface area is 181 Å². The molecule has 1 aliphatic rings. The number of hydrogen-bond donors (Lipinski definition) is 3. The predicted octanol–water partition coefficient (Wildman–Crippen LogP) is 5.49. The minimum Gasteiger partial charge on any atom is -0.491 e. The quantitative estimate of drug-likeness (QED) is 0.469. The van der Waals surface area contributed by atoms with Crippen LogP contribution in [0.2, 0.25) is 0 Å². The van der Waals surface area contributed by atoms with Gasteiger partial charge in [0.05, 0.1) is 16.9 Å². The SMILES string of the molecule is CC(C)NC(=O)Nc1ccc(-c2c(N)c3ccc(OCCF)cc3n2C2CCC2)cc1. The van der Waals surface area contributed by atoms with Crippen LogP contribution in [-0.2, 0) is 0 Å². The summed E-state index contributed by atoms with van der Waals surface area (Å²) >= 11 is 0. The number of nitrogen functional groups attached to an aromatic ring is 1. The first-order chi connectivity index (χ1) is 15.0. The van der Waals surface area contributed by atoms with Gasteiger partial charge >= 0.3 is 6.03 Å². The summed E-state index contributed by atoms with van der Waals surface area (Å²) in [5.41, 5.74) is 11.0. The number of anilines is 2. The number of nitrogens with two attached hydrogens (primary N) is 1. The van der Waals surface area contributed by atoms with Gasteiger partial charge in [-0.1, -0.05) is 12.1 Å². The van der Waals surface area contributed by atoms with Crippen LogP contribution in [0.15, 0.2) is 42.5 Å². The third-order valence-electron chi connectivity index (χ3n) is 5.64. The number of ether oxygens (including phenoxy) is 1. The number of nitrogens with one attached hydrogen (secondary N) is 2. The molecule has 7 heteroatoms. The van der Waals surface area contributed by atoms with Crippen molar-refractivity contribution in [3.8, 4) is 17.0 Å². The van der Waals surface area contributed by atoms with Gasteiger partial charge in [-0.3, -0.25) is 0 Å². The summed E-state index contributed by atoms with van der Waals surface area (Å²) in [6.45, 7) is 3.35. The van der Waals surface area contributed by atoms with Crippen molar-refractivity contribution in [3.05, 3.63) is 42.5 Å². The van der Waals surface area contributed by atoms with Gasteiger partial charge in [-0.25, -0.2) is 9.18 Å². The van der Waals surface area contributed by atoms with Crippen molar-refractivity contribution in [1.29, 1.82) is 0 Å². The number of alkyl halides is 1. The molecule has 0 unspecified atom stereocenters. The van der Waals surface area contributed by atoms with E-state index in [0.29, 0.717) is 17.5 Å². The van der Waals surface area contributed by atoms with Gasteiger partial charge in [-0.2, -0.15) is 0 Å². The molecule has 4 rings (SSSR count). The average Bonchev–Trinajstić information content (AvgIpc) is 2.97. The molecule has 0 saturated heterocycles. The molecule has 4 N–H and O–H groups in total. The van der Waals surface area contributed by atoms with Gasteiger partial charge in [0.1, 0.15) is 19.0 Å². The number of carbonyl (C=O) groups excluding carboxylic acids is 1. The Hall–Kier alpha value is -3.22. The van der Waals surface area contributed by atoms with Crippen LogP contribution in [0.3, 0.4) is 0 Å². The van der Waals surface area contributed by atoms with Crippen LogP contribution in [0.25, 0.3) is 22.2 Å². The summed E-state index contributed by atoms with van der Waals surface area (Å²) in [4.78, 5) is 12.0. The third-order valence-corrected chi connectivity index (χ3v) is 5.64. The zero-order valence-corrected chi connectivity index (χ0v) is 18.0. The number of benzene rings is 2. The molecule has 0 aliphatic heterocycles. The van der Waals surface area contributed by atoms with Gasteiger partial charge in [0, 0.05) is 34.8 Å². The number of fused-ring (bicyclic) bond motifs is 1. The van der Waals surface area contributed by atoms with Gasteiger partial charge < -0.3 is 25.7 Å². The van der Waals surface area contributed by atoms with E-state index < -0.39 is 6.67 Å². The van der Waals surface area contributed by atoms with E-state index in [0.717, 1.165) is 40.7 Å². The number of aromatic nitrogens is 1. The number of carbonyl (C=O) groups is 1. The topological polar surface area (TPSA) is 81.3 Å². The number of nitrogens with zero attached hydrogens (tertiary/aromatic N) is 1. The number of urea groups is 1. The molecule has 1 fully saturated rings. The van der Waals surface area contributed by atoms with Crippen molar-refractivity contribution < 1.29 is 13.9 Å². The van der Waals surface area contributed by atoms with Crippen LogP contribution in [-0.4, -0.2) is 29.9 Å². The van der Waals surface area contributed by atoms with Crippen LogP contribution in [0, 0.1) is 0 Å². The molecule has 0 atom stereocenters. The molecule has 0 spiro atoms. The fourth-order valence-corrected chi connectivity index (χ4v) is 4.02. The lowest BCUT2D eigenvalue weighted by Gasteiger charge is -2.30. The molecule has 31 heavy (non-hydrogen) atoms. The first kappa shape index (κ1) is 21.0.